The van der Waals surface area contributed by atoms with Crippen molar-refractivity contribution < 1.29 is 19.7 Å². The van der Waals surface area contributed by atoms with Crippen LogP contribution in [0.2, 0.25) is 0 Å². The van der Waals surface area contributed by atoms with Gasteiger partial charge in [0.1, 0.15) is 6.04 Å². The summed E-state index contributed by atoms with van der Waals surface area (Å²) in [6.07, 6.45) is 2.00. The van der Waals surface area contributed by atoms with Crippen molar-refractivity contribution >= 4 is 11.9 Å². The summed E-state index contributed by atoms with van der Waals surface area (Å²) in [7, 11) is 0. The van der Waals surface area contributed by atoms with E-state index in [0.29, 0.717) is 13.0 Å². The van der Waals surface area contributed by atoms with Crippen LogP contribution in [0, 0.1) is 5.92 Å². The molecule has 0 bridgehead atoms. The highest BCUT2D eigenvalue weighted by atomic mass is 16.4. The lowest BCUT2D eigenvalue weighted by Crippen LogP contribution is -3.20. The third-order valence-electron chi connectivity index (χ3n) is 3.11. The monoisotopic (exact) mass is 245 g/mol. The molecule has 0 aromatic heterocycles. The van der Waals surface area contributed by atoms with Gasteiger partial charge >= 0.3 is 5.97 Å². The SMILES string of the molecule is NC(=O)C1CC[NH+](CCC[C@H](N)C(=O)O)NC1. The molecule has 1 heterocycles. The number of amides is 1. The lowest BCUT2D eigenvalue weighted by molar-refractivity contribution is -0.950. The van der Waals surface area contributed by atoms with Crippen LogP contribution < -0.4 is 21.9 Å². The van der Waals surface area contributed by atoms with Crippen molar-refractivity contribution in [2.45, 2.75) is 25.3 Å². The molecule has 7 heteroatoms. The fraction of sp³-hybridized carbons (Fsp3) is 0.800. The number of aliphatic carboxylic acids is 1. The molecule has 2 unspecified atom stereocenters. The van der Waals surface area contributed by atoms with Crippen LogP contribution in [0.5, 0.6) is 0 Å². The highest BCUT2D eigenvalue weighted by Crippen LogP contribution is 2.00. The Hall–Kier alpha value is -1.18. The number of carbonyl (C=O) groups excluding carboxylic acids is 1. The van der Waals surface area contributed by atoms with Crippen LogP contribution in [-0.2, 0) is 9.59 Å². The molecule has 0 aliphatic carbocycles. The van der Waals surface area contributed by atoms with Gasteiger partial charge in [-0.2, -0.15) is 5.43 Å². The zero-order chi connectivity index (χ0) is 12.8. The average Bonchev–Trinajstić information content (AvgIpc) is 2.29. The largest absolute Gasteiger partial charge is 0.480 e. The summed E-state index contributed by atoms with van der Waals surface area (Å²) in [5.74, 6) is -1.30. The molecular formula is C10H21N4O3+. The molecule has 98 valence electrons. The quantitative estimate of drug-likeness (QED) is 0.343. The Morgan fingerprint density at radius 2 is 2.24 bits per heavy atom. The summed E-state index contributed by atoms with van der Waals surface area (Å²) in [4.78, 5) is 21.4. The molecule has 0 radical (unpaired) electrons. The van der Waals surface area contributed by atoms with Gasteiger partial charge < -0.3 is 16.6 Å². The Morgan fingerprint density at radius 1 is 1.53 bits per heavy atom. The highest BCUT2D eigenvalue weighted by Gasteiger charge is 2.25. The third kappa shape index (κ3) is 4.68. The Labute approximate surface area is 100 Å². The van der Waals surface area contributed by atoms with Gasteiger partial charge in [0.05, 0.1) is 25.6 Å². The molecule has 7 nitrogen and oxygen atoms in total. The Balaban J connectivity index is 2.14. The summed E-state index contributed by atoms with van der Waals surface area (Å²) in [6, 6.07) is -0.780. The Kier molecular flexibility index (Phi) is 5.33. The van der Waals surface area contributed by atoms with Gasteiger partial charge in [0.15, 0.2) is 0 Å². The molecule has 1 aliphatic rings. The maximum Gasteiger partial charge on any atom is 0.320 e. The van der Waals surface area contributed by atoms with Gasteiger partial charge in [-0.15, -0.1) is 0 Å². The number of hydrogen-bond acceptors (Lipinski definition) is 4. The first-order chi connectivity index (χ1) is 8.00. The molecule has 0 aromatic carbocycles. The topological polar surface area (TPSA) is 123 Å². The van der Waals surface area contributed by atoms with E-state index in [4.69, 9.17) is 16.6 Å². The molecule has 3 atom stereocenters. The zero-order valence-corrected chi connectivity index (χ0v) is 9.82. The maximum absolute atomic E-state index is 10.9. The fourth-order valence-corrected chi connectivity index (χ4v) is 1.92. The number of quaternary nitrogens is 1. The van der Waals surface area contributed by atoms with E-state index in [9.17, 15) is 9.59 Å². The van der Waals surface area contributed by atoms with Crippen LogP contribution >= 0.6 is 0 Å². The number of nitrogens with two attached hydrogens (primary N) is 2. The fourth-order valence-electron chi connectivity index (χ4n) is 1.92. The Morgan fingerprint density at radius 3 is 2.71 bits per heavy atom. The first kappa shape index (κ1) is 13.9. The molecule has 1 saturated heterocycles. The van der Waals surface area contributed by atoms with Gasteiger partial charge in [-0.1, -0.05) is 0 Å². The van der Waals surface area contributed by atoms with Crippen molar-refractivity contribution in [3.05, 3.63) is 0 Å². The molecule has 17 heavy (non-hydrogen) atoms. The minimum absolute atomic E-state index is 0.0833. The summed E-state index contributed by atoms with van der Waals surface area (Å²) in [5, 5.41) is 9.78. The molecule has 1 rings (SSSR count). The van der Waals surface area contributed by atoms with Gasteiger partial charge in [-0.3, -0.25) is 14.6 Å². The predicted molar refractivity (Wildman–Crippen MR) is 60.8 cm³/mol. The molecule has 0 aromatic rings. The van der Waals surface area contributed by atoms with Crippen molar-refractivity contribution in [3.8, 4) is 0 Å². The van der Waals surface area contributed by atoms with Crippen molar-refractivity contribution in [1.29, 1.82) is 0 Å². The van der Waals surface area contributed by atoms with E-state index in [1.807, 2.05) is 0 Å². The van der Waals surface area contributed by atoms with Crippen LogP contribution in [0.4, 0.5) is 0 Å². The van der Waals surface area contributed by atoms with Crippen molar-refractivity contribution in [2.24, 2.45) is 17.4 Å². The number of nitrogens with one attached hydrogen (secondary N) is 2. The van der Waals surface area contributed by atoms with Crippen LogP contribution in [-0.4, -0.2) is 42.7 Å². The van der Waals surface area contributed by atoms with E-state index < -0.39 is 12.0 Å². The van der Waals surface area contributed by atoms with Crippen LogP contribution in [0.15, 0.2) is 0 Å². The second kappa shape index (κ2) is 6.53. The first-order valence-electron chi connectivity index (χ1n) is 5.87. The number of rotatable bonds is 6. The van der Waals surface area contributed by atoms with Gasteiger partial charge in [-0.25, -0.2) is 0 Å². The van der Waals surface area contributed by atoms with Crippen molar-refractivity contribution in [3.63, 3.8) is 0 Å². The molecule has 1 amide bonds. The summed E-state index contributed by atoms with van der Waals surface area (Å²) >= 11 is 0. The number of carbonyl (C=O) groups is 2. The van der Waals surface area contributed by atoms with Crippen molar-refractivity contribution in [2.75, 3.05) is 19.6 Å². The molecular weight excluding hydrogens is 224 g/mol. The lowest BCUT2D eigenvalue weighted by atomic mass is 10.0. The standard InChI is InChI=1S/C10H20N4O3/c11-8(10(16)17)2-1-4-14-5-3-7(6-13-14)9(12)15/h7-8,13H,1-6,11H2,(H2,12,15)(H,16,17)/p+1/t7?,8-/m0/s1. The zero-order valence-electron chi connectivity index (χ0n) is 9.82. The number of carboxylic acids is 1. The van der Waals surface area contributed by atoms with Gasteiger partial charge in [-0.05, 0) is 6.42 Å². The van der Waals surface area contributed by atoms with Gasteiger partial charge in [0, 0.05) is 12.8 Å². The summed E-state index contributed by atoms with van der Waals surface area (Å²) in [5.41, 5.74) is 13.8. The predicted octanol–water partition coefficient (Wildman–Crippen LogP) is -2.93. The number of primary amides is 1. The molecule has 0 saturated carbocycles. The average molecular weight is 245 g/mol. The first-order valence-corrected chi connectivity index (χ1v) is 5.87. The van der Waals surface area contributed by atoms with Crippen LogP contribution in [0.25, 0.3) is 0 Å². The highest BCUT2D eigenvalue weighted by molar-refractivity contribution is 5.76. The number of hydrogen-bond donors (Lipinski definition) is 5. The third-order valence-corrected chi connectivity index (χ3v) is 3.11. The maximum atomic E-state index is 10.9. The second-order valence-electron chi connectivity index (χ2n) is 4.46. The van der Waals surface area contributed by atoms with E-state index in [1.165, 1.54) is 5.01 Å². The van der Waals surface area contributed by atoms with Gasteiger partial charge in [0.25, 0.3) is 0 Å². The van der Waals surface area contributed by atoms with Crippen LogP contribution in [0.3, 0.4) is 0 Å². The van der Waals surface area contributed by atoms with E-state index >= 15 is 0 Å². The number of carboxylic acid groups (broad SMARTS) is 1. The minimum atomic E-state index is -0.958. The van der Waals surface area contributed by atoms with Crippen molar-refractivity contribution in [1.82, 2.24) is 5.43 Å². The van der Waals surface area contributed by atoms with Crippen LogP contribution in [0.1, 0.15) is 19.3 Å². The normalized spacial score (nSPS) is 26.4. The molecule has 0 spiro atoms. The molecule has 7 N–H and O–H groups in total. The smallest absolute Gasteiger partial charge is 0.320 e. The lowest BCUT2D eigenvalue weighted by Gasteiger charge is -2.28. The Bertz CT molecular complexity index is 277. The minimum Gasteiger partial charge on any atom is -0.480 e. The van der Waals surface area contributed by atoms with Gasteiger partial charge in [0.2, 0.25) is 5.91 Å². The van der Waals surface area contributed by atoms with E-state index in [1.54, 1.807) is 0 Å². The molecule has 1 aliphatic heterocycles. The summed E-state index contributed by atoms with van der Waals surface area (Å²) in [6.45, 7) is 2.23. The van der Waals surface area contributed by atoms with E-state index in [-0.39, 0.29) is 11.8 Å². The second-order valence-corrected chi connectivity index (χ2v) is 4.46. The van der Waals surface area contributed by atoms with E-state index in [0.717, 1.165) is 25.9 Å². The van der Waals surface area contributed by atoms with E-state index in [2.05, 4.69) is 5.43 Å². The summed E-state index contributed by atoms with van der Waals surface area (Å²) < 4.78 is 0. The molecule has 1 fully saturated rings.